The Kier molecular flexibility index (Phi) is 6.78. The van der Waals surface area contributed by atoms with Crippen molar-refractivity contribution in [1.29, 1.82) is 0 Å². The third-order valence-electron chi connectivity index (χ3n) is 5.92. The van der Waals surface area contributed by atoms with E-state index < -0.39 is 0 Å². The van der Waals surface area contributed by atoms with Crippen molar-refractivity contribution in [3.05, 3.63) is 65.4 Å². The zero-order chi connectivity index (χ0) is 22.5. The summed E-state index contributed by atoms with van der Waals surface area (Å²) in [5.41, 5.74) is 4.31. The van der Waals surface area contributed by atoms with Gasteiger partial charge in [-0.2, -0.15) is 5.10 Å². The second-order valence-corrected chi connectivity index (χ2v) is 8.12. The number of carbonyl (C=O) groups excluding carboxylic acids is 1. The van der Waals surface area contributed by atoms with Crippen molar-refractivity contribution in [2.45, 2.75) is 45.6 Å². The summed E-state index contributed by atoms with van der Waals surface area (Å²) in [5.74, 6) is 1.62. The van der Waals surface area contributed by atoms with Gasteiger partial charge in [-0.05, 0) is 54.8 Å². The van der Waals surface area contributed by atoms with Crippen LogP contribution in [0.25, 0.3) is 11.3 Å². The fraction of sp³-hybridized carbons (Fsp3) is 0.385. The lowest BCUT2D eigenvalue weighted by atomic mass is 9.95. The molecule has 0 spiro atoms. The molecule has 2 aromatic carbocycles. The molecule has 0 saturated carbocycles. The van der Waals surface area contributed by atoms with Crippen LogP contribution in [0.4, 0.5) is 0 Å². The number of nitrogens with zero attached hydrogens (tertiary/aromatic N) is 2. The SMILES string of the molecule is CCCCOc1cccc(C2c3c(-c4ccc(OC)cc4)n[nH]c3C(=O)N2CCCC)c1. The Bertz CT molecular complexity index is 1060. The first-order valence-corrected chi connectivity index (χ1v) is 11.4. The molecular formula is C26H31N3O3. The number of hydrogen-bond donors (Lipinski definition) is 1. The molecule has 3 aromatic rings. The summed E-state index contributed by atoms with van der Waals surface area (Å²) in [5, 5.41) is 7.57. The van der Waals surface area contributed by atoms with Gasteiger partial charge in [0.1, 0.15) is 17.2 Å². The highest BCUT2D eigenvalue weighted by Gasteiger charge is 2.41. The summed E-state index contributed by atoms with van der Waals surface area (Å²) in [6.07, 6.45) is 4.08. The largest absolute Gasteiger partial charge is 0.497 e. The van der Waals surface area contributed by atoms with Crippen LogP contribution in [0, 0.1) is 0 Å². The van der Waals surface area contributed by atoms with Crippen molar-refractivity contribution in [1.82, 2.24) is 15.1 Å². The van der Waals surface area contributed by atoms with Gasteiger partial charge in [0.25, 0.3) is 5.91 Å². The second kappa shape index (κ2) is 9.90. The molecule has 0 saturated heterocycles. The van der Waals surface area contributed by atoms with Crippen LogP contribution < -0.4 is 9.47 Å². The quantitative estimate of drug-likeness (QED) is 0.422. The summed E-state index contributed by atoms with van der Waals surface area (Å²) in [4.78, 5) is 15.3. The van der Waals surface area contributed by atoms with Gasteiger partial charge in [-0.3, -0.25) is 9.89 Å². The van der Waals surface area contributed by atoms with Gasteiger partial charge in [0.05, 0.1) is 25.5 Å². The lowest BCUT2D eigenvalue weighted by molar-refractivity contribution is 0.0741. The molecular weight excluding hydrogens is 402 g/mol. The number of carbonyl (C=O) groups is 1. The molecule has 1 unspecified atom stereocenters. The van der Waals surface area contributed by atoms with Crippen LogP contribution in [-0.2, 0) is 0 Å². The molecule has 1 aromatic heterocycles. The molecule has 1 aliphatic heterocycles. The minimum atomic E-state index is -0.199. The molecule has 32 heavy (non-hydrogen) atoms. The molecule has 6 heteroatoms. The average Bonchev–Trinajstić information content (AvgIpc) is 3.37. The van der Waals surface area contributed by atoms with Crippen LogP contribution in [0.2, 0.25) is 0 Å². The predicted molar refractivity (Wildman–Crippen MR) is 125 cm³/mol. The number of nitrogens with one attached hydrogen (secondary N) is 1. The number of fused-ring (bicyclic) bond motifs is 1. The molecule has 1 N–H and O–H groups in total. The molecule has 0 fully saturated rings. The van der Waals surface area contributed by atoms with Gasteiger partial charge in [0.15, 0.2) is 0 Å². The minimum Gasteiger partial charge on any atom is -0.497 e. The van der Waals surface area contributed by atoms with E-state index in [9.17, 15) is 4.79 Å². The molecule has 0 radical (unpaired) electrons. The highest BCUT2D eigenvalue weighted by molar-refractivity contribution is 6.00. The first-order chi connectivity index (χ1) is 15.7. The molecule has 1 atom stereocenters. The third kappa shape index (κ3) is 4.22. The Morgan fingerprint density at radius 1 is 1.03 bits per heavy atom. The van der Waals surface area contributed by atoms with Gasteiger partial charge < -0.3 is 14.4 Å². The van der Waals surface area contributed by atoms with E-state index in [1.165, 1.54) is 0 Å². The van der Waals surface area contributed by atoms with Crippen LogP contribution in [0.15, 0.2) is 48.5 Å². The number of unbranched alkanes of at least 4 members (excludes halogenated alkanes) is 2. The van der Waals surface area contributed by atoms with E-state index in [0.717, 1.165) is 59.6 Å². The Hall–Kier alpha value is -3.28. The summed E-state index contributed by atoms with van der Waals surface area (Å²) in [7, 11) is 1.65. The number of aromatic amines is 1. The first-order valence-electron chi connectivity index (χ1n) is 11.4. The van der Waals surface area contributed by atoms with Gasteiger partial charge in [-0.15, -0.1) is 0 Å². The van der Waals surface area contributed by atoms with Crippen LogP contribution in [0.1, 0.15) is 67.2 Å². The molecule has 168 valence electrons. The molecule has 6 nitrogen and oxygen atoms in total. The van der Waals surface area contributed by atoms with Gasteiger partial charge in [-0.25, -0.2) is 0 Å². The van der Waals surface area contributed by atoms with Gasteiger partial charge in [0, 0.05) is 17.7 Å². The summed E-state index contributed by atoms with van der Waals surface area (Å²) < 4.78 is 11.3. The molecule has 2 heterocycles. The van der Waals surface area contributed by atoms with Crippen molar-refractivity contribution in [2.24, 2.45) is 0 Å². The number of rotatable bonds is 10. The summed E-state index contributed by atoms with van der Waals surface area (Å²) in [6.45, 7) is 5.68. The molecule has 0 aliphatic carbocycles. The number of hydrogen-bond acceptors (Lipinski definition) is 4. The smallest absolute Gasteiger partial charge is 0.273 e. The van der Waals surface area contributed by atoms with E-state index in [4.69, 9.17) is 9.47 Å². The van der Waals surface area contributed by atoms with E-state index in [-0.39, 0.29) is 11.9 Å². The van der Waals surface area contributed by atoms with Crippen LogP contribution in [-0.4, -0.2) is 41.3 Å². The lowest BCUT2D eigenvalue weighted by Crippen LogP contribution is -2.30. The Labute approximate surface area is 189 Å². The number of methoxy groups -OCH3 is 1. The van der Waals surface area contributed by atoms with Crippen LogP contribution in [0.3, 0.4) is 0 Å². The van der Waals surface area contributed by atoms with Crippen molar-refractivity contribution in [3.63, 3.8) is 0 Å². The van der Waals surface area contributed by atoms with Crippen molar-refractivity contribution >= 4 is 5.91 Å². The minimum absolute atomic E-state index is 0.00279. The topological polar surface area (TPSA) is 67.5 Å². The van der Waals surface area contributed by atoms with Gasteiger partial charge in [0.2, 0.25) is 0 Å². The number of H-pyrrole nitrogens is 1. The van der Waals surface area contributed by atoms with E-state index >= 15 is 0 Å². The van der Waals surface area contributed by atoms with Crippen molar-refractivity contribution < 1.29 is 14.3 Å². The van der Waals surface area contributed by atoms with Gasteiger partial charge in [-0.1, -0.05) is 38.8 Å². The molecule has 4 rings (SSSR count). The number of aromatic nitrogens is 2. The van der Waals surface area contributed by atoms with E-state index in [2.05, 4.69) is 36.2 Å². The Morgan fingerprint density at radius 3 is 2.53 bits per heavy atom. The fourth-order valence-corrected chi connectivity index (χ4v) is 4.18. The number of benzene rings is 2. The van der Waals surface area contributed by atoms with Crippen LogP contribution in [0.5, 0.6) is 11.5 Å². The highest BCUT2D eigenvalue weighted by Crippen LogP contribution is 2.43. The van der Waals surface area contributed by atoms with Crippen LogP contribution >= 0.6 is 0 Å². The second-order valence-electron chi connectivity index (χ2n) is 8.12. The molecule has 1 amide bonds. The van der Waals surface area contributed by atoms with E-state index in [0.29, 0.717) is 18.8 Å². The van der Waals surface area contributed by atoms with Gasteiger partial charge >= 0.3 is 0 Å². The van der Waals surface area contributed by atoms with E-state index in [1.807, 2.05) is 41.3 Å². The number of ether oxygens (including phenoxy) is 2. The molecule has 1 aliphatic rings. The first kappa shape index (κ1) is 21.9. The summed E-state index contributed by atoms with van der Waals surface area (Å²) in [6, 6.07) is 15.7. The van der Waals surface area contributed by atoms with E-state index in [1.54, 1.807) is 7.11 Å². The predicted octanol–water partition coefficient (Wildman–Crippen LogP) is 5.61. The lowest BCUT2D eigenvalue weighted by Gasteiger charge is -2.26. The third-order valence-corrected chi connectivity index (χ3v) is 5.92. The Morgan fingerprint density at radius 2 is 1.81 bits per heavy atom. The maximum absolute atomic E-state index is 13.3. The normalized spacial score (nSPS) is 15.2. The van der Waals surface area contributed by atoms with Crippen molar-refractivity contribution in [3.8, 4) is 22.8 Å². The highest BCUT2D eigenvalue weighted by atomic mass is 16.5. The zero-order valence-electron chi connectivity index (χ0n) is 19.1. The average molecular weight is 434 g/mol. The summed E-state index contributed by atoms with van der Waals surface area (Å²) >= 11 is 0. The standard InChI is InChI=1S/C26H31N3O3/c1-4-6-15-29-25(19-9-8-10-21(17-19)32-16-7-5-2)22-23(27-28-24(22)26(29)30)18-11-13-20(31-3)14-12-18/h8-14,17,25H,4-7,15-16H2,1-3H3,(H,27,28). The molecule has 0 bridgehead atoms. The maximum Gasteiger partial charge on any atom is 0.273 e. The fourth-order valence-electron chi connectivity index (χ4n) is 4.18. The Balaban J connectivity index is 1.75. The maximum atomic E-state index is 13.3. The monoisotopic (exact) mass is 433 g/mol. The number of amides is 1. The zero-order valence-corrected chi connectivity index (χ0v) is 19.1. The van der Waals surface area contributed by atoms with Crippen molar-refractivity contribution in [2.75, 3.05) is 20.3 Å².